The summed E-state index contributed by atoms with van der Waals surface area (Å²) in [6.07, 6.45) is 2.68. The molecule has 0 aromatic heterocycles. The molecule has 0 saturated carbocycles. The number of halogens is 1. The summed E-state index contributed by atoms with van der Waals surface area (Å²) in [5, 5.41) is 13.0. The monoisotopic (exact) mass is 481 g/mol. The second-order valence-corrected chi connectivity index (χ2v) is 8.72. The average Bonchev–Trinajstić information content (AvgIpc) is 3.06. The van der Waals surface area contributed by atoms with Crippen LogP contribution in [0.25, 0.3) is 0 Å². The zero-order valence-electron chi connectivity index (χ0n) is 18.1. The van der Waals surface area contributed by atoms with Crippen LogP contribution >= 0.6 is 11.6 Å². The van der Waals surface area contributed by atoms with Crippen LogP contribution in [0.3, 0.4) is 0 Å². The van der Waals surface area contributed by atoms with Gasteiger partial charge in [0.15, 0.2) is 5.78 Å². The Hall–Kier alpha value is -3.85. The Balaban J connectivity index is 1.69. The number of carbonyl (C=O) groups is 4. The lowest BCUT2D eigenvalue weighted by atomic mass is 9.82. The first kappa shape index (κ1) is 23.3. The highest BCUT2D eigenvalue weighted by atomic mass is 35.5. The largest absolute Gasteiger partial charge is 0.292 e. The number of hydrazine groups is 1. The summed E-state index contributed by atoms with van der Waals surface area (Å²) in [6, 6.07) is 10.8. The number of allylic oxidation sites excluding steroid dienone is 2. The van der Waals surface area contributed by atoms with Gasteiger partial charge in [0.05, 0.1) is 16.8 Å². The summed E-state index contributed by atoms with van der Waals surface area (Å²) >= 11 is 5.88. The molecule has 0 N–H and O–H groups in total. The molecule has 1 fully saturated rings. The molecule has 174 valence electrons. The van der Waals surface area contributed by atoms with Crippen LogP contribution in [-0.4, -0.2) is 45.0 Å². The summed E-state index contributed by atoms with van der Waals surface area (Å²) in [5.74, 6) is -3.58. The Morgan fingerprint density at radius 1 is 1.03 bits per heavy atom. The van der Waals surface area contributed by atoms with Crippen molar-refractivity contribution in [3.8, 4) is 0 Å². The number of nitrogens with zero attached hydrogens (tertiary/aromatic N) is 3. The number of amides is 3. The van der Waals surface area contributed by atoms with Crippen LogP contribution in [0.4, 0.5) is 5.69 Å². The minimum absolute atomic E-state index is 0.000663. The number of imide groups is 1. The second kappa shape index (κ2) is 9.18. The van der Waals surface area contributed by atoms with E-state index in [0.717, 1.165) is 27.7 Å². The van der Waals surface area contributed by atoms with E-state index in [1.54, 1.807) is 0 Å². The van der Waals surface area contributed by atoms with Crippen molar-refractivity contribution in [2.24, 2.45) is 11.8 Å². The lowest BCUT2D eigenvalue weighted by Gasteiger charge is -2.30. The number of fused-ring (bicyclic) bond motifs is 1. The first-order chi connectivity index (χ1) is 16.2. The molecule has 0 bridgehead atoms. The van der Waals surface area contributed by atoms with Gasteiger partial charge in [-0.05, 0) is 56.2 Å². The van der Waals surface area contributed by atoms with Crippen LogP contribution in [0.5, 0.6) is 0 Å². The molecule has 2 aliphatic rings. The lowest BCUT2D eigenvalue weighted by molar-refractivity contribution is -0.384. The van der Waals surface area contributed by atoms with E-state index >= 15 is 0 Å². The van der Waals surface area contributed by atoms with E-state index < -0.39 is 46.8 Å². The van der Waals surface area contributed by atoms with Gasteiger partial charge in [0.2, 0.25) is 0 Å². The van der Waals surface area contributed by atoms with Gasteiger partial charge < -0.3 is 0 Å². The average molecular weight is 482 g/mol. The molecule has 1 aliphatic heterocycles. The van der Waals surface area contributed by atoms with E-state index in [-0.39, 0.29) is 16.8 Å². The number of non-ortho nitro benzene ring substituents is 1. The summed E-state index contributed by atoms with van der Waals surface area (Å²) in [7, 11) is 0. The molecule has 0 radical (unpaired) electrons. The van der Waals surface area contributed by atoms with Crippen LogP contribution < -0.4 is 0 Å². The Kier molecular flexibility index (Phi) is 6.30. The molecule has 3 amide bonds. The molecule has 10 heteroatoms. The van der Waals surface area contributed by atoms with Crippen molar-refractivity contribution in [2.45, 2.75) is 19.8 Å². The van der Waals surface area contributed by atoms with Crippen molar-refractivity contribution in [3.63, 3.8) is 0 Å². The quantitative estimate of drug-likeness (QED) is 0.203. The molecule has 34 heavy (non-hydrogen) atoms. The van der Waals surface area contributed by atoms with Crippen LogP contribution in [-0.2, 0) is 9.59 Å². The van der Waals surface area contributed by atoms with Crippen molar-refractivity contribution >= 4 is 40.8 Å². The van der Waals surface area contributed by atoms with Crippen molar-refractivity contribution in [1.82, 2.24) is 10.0 Å². The molecule has 9 nitrogen and oxygen atoms in total. The van der Waals surface area contributed by atoms with E-state index in [1.807, 2.05) is 13.0 Å². The highest BCUT2D eigenvalue weighted by molar-refractivity contribution is 6.30. The van der Waals surface area contributed by atoms with Crippen LogP contribution in [0, 0.1) is 22.0 Å². The molecular weight excluding hydrogens is 462 g/mol. The van der Waals surface area contributed by atoms with Gasteiger partial charge in [0.1, 0.15) is 6.54 Å². The van der Waals surface area contributed by atoms with Crippen LogP contribution in [0.2, 0.25) is 5.02 Å². The molecule has 4 rings (SSSR count). The predicted molar refractivity (Wildman–Crippen MR) is 122 cm³/mol. The van der Waals surface area contributed by atoms with Crippen molar-refractivity contribution in [1.29, 1.82) is 0 Å². The molecule has 2 aromatic carbocycles. The predicted octanol–water partition coefficient (Wildman–Crippen LogP) is 3.83. The van der Waals surface area contributed by atoms with Gasteiger partial charge in [-0.15, -0.1) is 0 Å². The summed E-state index contributed by atoms with van der Waals surface area (Å²) in [5.41, 5.74) is 1.01. The minimum atomic E-state index is -0.790. The first-order valence-electron chi connectivity index (χ1n) is 10.6. The molecular formula is C24H20ClN3O6. The fourth-order valence-corrected chi connectivity index (χ4v) is 4.36. The summed E-state index contributed by atoms with van der Waals surface area (Å²) in [6.45, 7) is 1.31. The van der Waals surface area contributed by atoms with Gasteiger partial charge in [0.25, 0.3) is 23.4 Å². The standard InChI is InChI=1S/C24H20ClN3O6/c1-14-2-11-19-20(12-14)24(32)27(23(19)31)26(13-21(29)15-3-7-17(25)8-4-15)22(30)16-5-9-18(10-6-16)28(33)34/h2-10,19-20H,11-13H2,1H3/t19-,20+/m1/s1. The summed E-state index contributed by atoms with van der Waals surface area (Å²) < 4.78 is 0. The fraction of sp³-hybridized carbons (Fsp3) is 0.250. The first-order valence-corrected chi connectivity index (χ1v) is 10.9. The van der Waals surface area contributed by atoms with Crippen molar-refractivity contribution in [2.75, 3.05) is 6.54 Å². The zero-order chi connectivity index (χ0) is 24.6. The van der Waals surface area contributed by atoms with Gasteiger partial charge in [-0.3, -0.25) is 29.3 Å². The Morgan fingerprint density at radius 2 is 1.62 bits per heavy atom. The number of Topliss-reactive ketones (excluding diaryl/α,β-unsaturated/α-hetero) is 1. The maximum absolute atomic E-state index is 13.4. The van der Waals surface area contributed by atoms with Gasteiger partial charge in [-0.25, -0.2) is 5.01 Å². The number of rotatable bonds is 6. The number of benzene rings is 2. The third-order valence-corrected chi connectivity index (χ3v) is 6.31. The maximum atomic E-state index is 13.4. The highest BCUT2D eigenvalue weighted by Crippen LogP contribution is 2.38. The minimum Gasteiger partial charge on any atom is -0.292 e. The maximum Gasteiger partial charge on any atom is 0.273 e. The van der Waals surface area contributed by atoms with Crippen LogP contribution in [0.15, 0.2) is 60.2 Å². The van der Waals surface area contributed by atoms with Gasteiger partial charge in [-0.2, -0.15) is 5.01 Å². The Bertz CT molecular complexity index is 1220. The van der Waals surface area contributed by atoms with Gasteiger partial charge in [-0.1, -0.05) is 23.3 Å². The second-order valence-electron chi connectivity index (χ2n) is 8.29. The lowest BCUT2D eigenvalue weighted by Crippen LogP contribution is -2.52. The topological polar surface area (TPSA) is 118 Å². The normalized spacial score (nSPS) is 19.5. The van der Waals surface area contributed by atoms with E-state index in [1.165, 1.54) is 36.4 Å². The molecule has 1 heterocycles. The van der Waals surface area contributed by atoms with Gasteiger partial charge in [0, 0.05) is 28.3 Å². The van der Waals surface area contributed by atoms with Crippen LogP contribution in [0.1, 0.15) is 40.5 Å². The molecule has 2 aromatic rings. The zero-order valence-corrected chi connectivity index (χ0v) is 18.9. The molecule has 1 aliphatic carbocycles. The van der Waals surface area contributed by atoms with Crippen molar-refractivity contribution < 1.29 is 24.1 Å². The number of ketones is 1. The van der Waals surface area contributed by atoms with Crippen molar-refractivity contribution in [3.05, 3.63) is 86.4 Å². The summed E-state index contributed by atoms with van der Waals surface area (Å²) in [4.78, 5) is 63.2. The van der Waals surface area contributed by atoms with E-state index in [2.05, 4.69) is 0 Å². The fourth-order valence-electron chi connectivity index (χ4n) is 4.23. The number of nitro benzene ring substituents is 1. The Morgan fingerprint density at radius 3 is 2.24 bits per heavy atom. The number of nitro groups is 1. The highest BCUT2D eigenvalue weighted by Gasteiger charge is 2.51. The van der Waals surface area contributed by atoms with Gasteiger partial charge >= 0.3 is 0 Å². The van der Waals surface area contributed by atoms with E-state index in [0.29, 0.717) is 17.9 Å². The number of hydrogen-bond acceptors (Lipinski definition) is 6. The van der Waals surface area contributed by atoms with E-state index in [4.69, 9.17) is 11.6 Å². The Labute approximate surface area is 199 Å². The molecule has 0 spiro atoms. The molecule has 1 saturated heterocycles. The third kappa shape index (κ3) is 4.34. The number of carbonyl (C=O) groups excluding carboxylic acids is 4. The van der Waals surface area contributed by atoms with E-state index in [9.17, 15) is 29.3 Å². The number of hydrogen-bond donors (Lipinski definition) is 0. The third-order valence-electron chi connectivity index (χ3n) is 6.06. The SMILES string of the molecule is CC1=CC[C@H]2C(=O)N(N(CC(=O)c3ccc(Cl)cc3)C(=O)c3ccc([N+](=O)[O-])cc3)C(=O)[C@H]2C1. The smallest absolute Gasteiger partial charge is 0.273 e. The molecule has 2 atom stereocenters. The molecule has 0 unspecified atom stereocenters.